The molecule has 1 heterocycles. The summed E-state index contributed by atoms with van der Waals surface area (Å²) in [4.78, 5) is 15.5. The highest BCUT2D eigenvalue weighted by molar-refractivity contribution is 6.18. The van der Waals surface area contributed by atoms with Crippen LogP contribution in [0.5, 0.6) is 0 Å². The molecule has 7 heteroatoms. The van der Waals surface area contributed by atoms with Crippen LogP contribution >= 0.6 is 11.6 Å². The van der Waals surface area contributed by atoms with Crippen LogP contribution in [-0.4, -0.2) is 32.0 Å². The molecule has 0 saturated carbocycles. The van der Waals surface area contributed by atoms with Crippen molar-refractivity contribution in [3.05, 3.63) is 22.0 Å². The Balaban J connectivity index is 2.64. The number of rotatable bonds is 4. The summed E-state index contributed by atoms with van der Waals surface area (Å²) in [5.74, 6) is -0.232. The number of nitrogens with one attached hydrogen (secondary N) is 1. The first kappa shape index (κ1) is 9.94. The molecule has 13 heavy (non-hydrogen) atoms. The Morgan fingerprint density at radius 3 is 3.00 bits per heavy atom. The highest BCUT2D eigenvalue weighted by Crippen LogP contribution is 2.07. The first-order chi connectivity index (χ1) is 6.13. The number of aromatic nitrogens is 2. The number of imidazole rings is 1. The van der Waals surface area contributed by atoms with Gasteiger partial charge >= 0.3 is 5.95 Å². The lowest BCUT2D eigenvalue weighted by atomic mass is 10.2. The molecule has 72 valence electrons. The van der Waals surface area contributed by atoms with Crippen LogP contribution in [-0.2, 0) is 6.42 Å². The van der Waals surface area contributed by atoms with Crippen LogP contribution in [0.25, 0.3) is 0 Å². The zero-order valence-electron chi connectivity index (χ0n) is 6.61. The van der Waals surface area contributed by atoms with Gasteiger partial charge in [0.25, 0.3) is 0 Å². The molecule has 2 N–H and O–H groups in total. The minimum atomic E-state index is -0.707. The van der Waals surface area contributed by atoms with Gasteiger partial charge in [-0.2, -0.15) is 0 Å². The topological polar surface area (TPSA) is 92.1 Å². The van der Waals surface area contributed by atoms with Crippen LogP contribution in [0, 0.1) is 10.1 Å². The van der Waals surface area contributed by atoms with Gasteiger partial charge in [-0.25, -0.2) is 4.98 Å². The van der Waals surface area contributed by atoms with Crippen molar-refractivity contribution in [3.8, 4) is 0 Å². The number of aromatic amines is 1. The Bertz CT molecular complexity index is 301. The molecule has 0 radical (unpaired) electrons. The van der Waals surface area contributed by atoms with E-state index in [0.717, 1.165) is 0 Å². The van der Waals surface area contributed by atoms with Gasteiger partial charge in [0.1, 0.15) is 11.9 Å². The van der Waals surface area contributed by atoms with Crippen LogP contribution in [0.4, 0.5) is 5.95 Å². The molecule has 0 saturated heterocycles. The van der Waals surface area contributed by atoms with Crippen LogP contribution in [0.2, 0.25) is 0 Å². The van der Waals surface area contributed by atoms with E-state index in [1.807, 2.05) is 0 Å². The molecule has 1 rings (SSSR count). The summed E-state index contributed by atoms with van der Waals surface area (Å²) < 4.78 is 0. The third-order valence-corrected chi connectivity index (χ3v) is 1.78. The monoisotopic (exact) mass is 205 g/mol. The van der Waals surface area contributed by atoms with Crippen molar-refractivity contribution in [1.29, 1.82) is 0 Å². The Kier molecular flexibility index (Phi) is 3.21. The number of aliphatic hydroxyl groups is 1. The number of nitrogens with zero attached hydrogens (tertiary/aromatic N) is 2. The molecule has 1 aromatic rings. The molecular formula is C6H8ClN3O3. The summed E-state index contributed by atoms with van der Waals surface area (Å²) in [7, 11) is 0. The molecule has 1 aromatic heterocycles. The van der Waals surface area contributed by atoms with E-state index >= 15 is 0 Å². The van der Waals surface area contributed by atoms with Crippen molar-refractivity contribution in [2.45, 2.75) is 12.5 Å². The van der Waals surface area contributed by atoms with Crippen molar-refractivity contribution in [1.82, 2.24) is 9.97 Å². The molecular weight excluding hydrogens is 198 g/mol. The molecule has 1 atom stereocenters. The maximum atomic E-state index is 10.2. The van der Waals surface area contributed by atoms with E-state index in [1.54, 1.807) is 0 Å². The normalized spacial score (nSPS) is 12.8. The zero-order chi connectivity index (χ0) is 9.84. The van der Waals surface area contributed by atoms with Gasteiger partial charge in [-0.3, -0.25) is 0 Å². The fourth-order valence-electron chi connectivity index (χ4n) is 0.852. The van der Waals surface area contributed by atoms with E-state index in [9.17, 15) is 10.1 Å². The van der Waals surface area contributed by atoms with Crippen molar-refractivity contribution in [2.75, 3.05) is 5.88 Å². The van der Waals surface area contributed by atoms with E-state index in [4.69, 9.17) is 16.7 Å². The second-order valence-corrected chi connectivity index (χ2v) is 2.81. The molecule has 0 aliphatic carbocycles. The molecule has 0 spiro atoms. The standard InChI is InChI=1S/C6H8ClN3O3/c7-2-5(11)1-4-3-8-6(9-4)10(12)13/h3,5,11H,1-2H2,(H,8,9). The fourth-order valence-corrected chi connectivity index (χ4v) is 0.961. The number of hydrogen-bond donors (Lipinski definition) is 2. The Morgan fingerprint density at radius 2 is 2.54 bits per heavy atom. The minimum Gasteiger partial charge on any atom is -0.391 e. The van der Waals surface area contributed by atoms with Gasteiger partial charge < -0.3 is 15.2 Å². The number of nitro groups is 1. The summed E-state index contributed by atoms with van der Waals surface area (Å²) in [6, 6.07) is 0. The van der Waals surface area contributed by atoms with E-state index in [0.29, 0.717) is 5.69 Å². The van der Waals surface area contributed by atoms with Crippen LogP contribution in [0.1, 0.15) is 5.69 Å². The molecule has 0 amide bonds. The maximum absolute atomic E-state index is 10.2. The van der Waals surface area contributed by atoms with E-state index < -0.39 is 11.0 Å². The van der Waals surface area contributed by atoms with Gasteiger partial charge in [0, 0.05) is 12.3 Å². The van der Waals surface area contributed by atoms with Crippen molar-refractivity contribution >= 4 is 17.5 Å². The molecule has 6 nitrogen and oxygen atoms in total. The first-order valence-electron chi connectivity index (χ1n) is 3.55. The zero-order valence-corrected chi connectivity index (χ0v) is 7.36. The van der Waals surface area contributed by atoms with E-state index in [2.05, 4.69) is 9.97 Å². The molecule has 0 bridgehead atoms. The largest absolute Gasteiger partial charge is 0.432 e. The molecule has 1 unspecified atom stereocenters. The van der Waals surface area contributed by atoms with Crippen LogP contribution in [0.3, 0.4) is 0 Å². The maximum Gasteiger partial charge on any atom is 0.432 e. The van der Waals surface area contributed by atoms with Crippen LogP contribution < -0.4 is 0 Å². The average Bonchev–Trinajstić information content (AvgIpc) is 2.52. The van der Waals surface area contributed by atoms with E-state index in [1.165, 1.54) is 6.20 Å². The Morgan fingerprint density at radius 1 is 1.85 bits per heavy atom. The predicted octanol–water partition coefficient (Wildman–Crippen LogP) is 0.460. The van der Waals surface area contributed by atoms with Gasteiger partial charge in [0.15, 0.2) is 0 Å². The molecule has 0 aliphatic rings. The molecule has 0 aliphatic heterocycles. The number of aliphatic hydroxyl groups excluding tert-OH is 1. The molecule has 0 aromatic carbocycles. The lowest BCUT2D eigenvalue weighted by Crippen LogP contribution is -2.12. The second-order valence-electron chi connectivity index (χ2n) is 2.50. The number of hydrogen-bond acceptors (Lipinski definition) is 4. The van der Waals surface area contributed by atoms with Crippen LogP contribution in [0.15, 0.2) is 6.20 Å². The first-order valence-corrected chi connectivity index (χ1v) is 4.09. The van der Waals surface area contributed by atoms with Gasteiger partial charge in [-0.05, 0) is 4.92 Å². The van der Waals surface area contributed by atoms with Crippen molar-refractivity contribution < 1.29 is 10.0 Å². The van der Waals surface area contributed by atoms with Gasteiger partial charge in [0.2, 0.25) is 0 Å². The van der Waals surface area contributed by atoms with Gasteiger partial charge in [-0.1, -0.05) is 4.98 Å². The Labute approximate surface area is 78.7 Å². The lowest BCUT2D eigenvalue weighted by Gasteiger charge is -2.00. The quantitative estimate of drug-likeness (QED) is 0.424. The number of H-pyrrole nitrogens is 1. The smallest absolute Gasteiger partial charge is 0.391 e. The van der Waals surface area contributed by atoms with Gasteiger partial charge in [0.05, 0.1) is 6.10 Å². The van der Waals surface area contributed by atoms with E-state index in [-0.39, 0.29) is 18.2 Å². The molecule has 0 fully saturated rings. The summed E-state index contributed by atoms with van der Waals surface area (Å²) in [6.07, 6.45) is 0.847. The highest BCUT2D eigenvalue weighted by Gasteiger charge is 2.13. The summed E-state index contributed by atoms with van der Waals surface area (Å²) >= 11 is 5.35. The summed E-state index contributed by atoms with van der Waals surface area (Å²) in [6.45, 7) is 0. The number of alkyl halides is 1. The predicted molar refractivity (Wildman–Crippen MR) is 45.7 cm³/mol. The number of halogens is 1. The minimum absolute atomic E-state index is 0.0901. The van der Waals surface area contributed by atoms with Crippen molar-refractivity contribution in [3.63, 3.8) is 0 Å². The average molecular weight is 206 g/mol. The third kappa shape index (κ3) is 2.67. The van der Waals surface area contributed by atoms with Gasteiger partial charge in [-0.15, -0.1) is 11.6 Å². The highest BCUT2D eigenvalue weighted by atomic mass is 35.5. The summed E-state index contributed by atoms with van der Waals surface area (Å²) in [5, 5.41) is 19.3. The second kappa shape index (κ2) is 4.20. The SMILES string of the molecule is O=[N+]([O-])c1ncc(CC(O)CCl)[nH]1. The summed E-state index contributed by atoms with van der Waals surface area (Å²) in [5.41, 5.74) is 0.500. The third-order valence-electron chi connectivity index (χ3n) is 1.42. The Hall–Kier alpha value is -1.14. The lowest BCUT2D eigenvalue weighted by molar-refractivity contribution is -0.393. The fraction of sp³-hybridized carbons (Fsp3) is 0.500. The van der Waals surface area contributed by atoms with Crippen molar-refractivity contribution in [2.24, 2.45) is 0 Å².